The Labute approximate surface area is 251 Å². The van der Waals surface area contributed by atoms with Crippen LogP contribution in [0.1, 0.15) is 30.9 Å². The first-order chi connectivity index (χ1) is 20.5. The van der Waals surface area contributed by atoms with E-state index in [0.29, 0.717) is 11.3 Å². The number of imidazole rings is 2. The first kappa shape index (κ1) is 29.2. The molecule has 8 atom stereocenters. The predicted molar refractivity (Wildman–Crippen MR) is 153 cm³/mol. The highest BCUT2D eigenvalue weighted by atomic mass is 32.7. The lowest BCUT2D eigenvalue weighted by molar-refractivity contribution is -0.0529. The first-order valence-electron chi connectivity index (χ1n) is 12.8. The summed E-state index contributed by atoms with van der Waals surface area (Å²) in [5.74, 6) is 0.0426. The first-order valence-corrected chi connectivity index (χ1v) is 18.0. The van der Waals surface area contributed by atoms with Gasteiger partial charge in [-0.25, -0.2) is 24.0 Å². The molecule has 0 spiro atoms. The van der Waals surface area contributed by atoms with E-state index in [4.69, 9.17) is 50.8 Å². The van der Waals surface area contributed by atoms with E-state index in [-0.39, 0.29) is 49.0 Å². The van der Waals surface area contributed by atoms with Gasteiger partial charge in [0.25, 0.3) is 5.56 Å². The number of H-pyrrole nitrogens is 1. The van der Waals surface area contributed by atoms with Crippen LogP contribution in [0.2, 0.25) is 0 Å². The Morgan fingerprint density at radius 1 is 1.07 bits per heavy atom. The quantitative estimate of drug-likeness (QED) is 0.144. The molecule has 4 aromatic rings. The minimum atomic E-state index is -4.07. The number of rotatable bonds is 2. The summed E-state index contributed by atoms with van der Waals surface area (Å²) in [5, 5.41) is 4.19. The molecule has 3 aliphatic heterocycles. The number of anilines is 2. The predicted octanol–water partition coefficient (Wildman–Crippen LogP) is 0.611. The van der Waals surface area contributed by atoms with Crippen LogP contribution in [0.5, 0.6) is 0 Å². The molecule has 7 heterocycles. The van der Waals surface area contributed by atoms with Crippen molar-refractivity contribution in [1.82, 2.24) is 39.1 Å². The molecular weight excluding hydrogens is 650 g/mol. The van der Waals surface area contributed by atoms with E-state index in [1.165, 1.54) is 27.9 Å². The average Bonchev–Trinajstić information content (AvgIpc) is 3.71. The smallest absolute Gasteiger partial charge is 0.381 e. The summed E-state index contributed by atoms with van der Waals surface area (Å²) in [6.45, 7) is -8.43. The van der Waals surface area contributed by atoms with Gasteiger partial charge in [-0.1, -0.05) is 12.2 Å². The average molecular weight is 675 g/mol. The van der Waals surface area contributed by atoms with Crippen LogP contribution in [-0.4, -0.2) is 81.6 Å². The molecule has 4 aromatic heterocycles. The highest BCUT2D eigenvalue weighted by Crippen LogP contribution is 2.58. The van der Waals surface area contributed by atoms with Crippen molar-refractivity contribution in [2.45, 2.75) is 49.6 Å². The molecule has 0 aromatic carbocycles. The second-order valence-corrected chi connectivity index (χ2v) is 15.6. The Morgan fingerprint density at radius 2 is 1.91 bits per heavy atom. The molecule has 230 valence electrons. The number of thiol groups is 1. The molecule has 43 heavy (non-hydrogen) atoms. The van der Waals surface area contributed by atoms with Crippen LogP contribution in [0.15, 0.2) is 23.6 Å². The molecule has 0 radical (unpaired) electrons. The summed E-state index contributed by atoms with van der Waals surface area (Å²) >= 11 is 9.51. The Hall–Kier alpha value is -2.55. The fourth-order valence-electron chi connectivity index (χ4n) is 5.28. The Balaban J connectivity index is 1.17. The highest BCUT2D eigenvalue weighted by molar-refractivity contribution is 8.44. The largest absolute Gasteiger partial charge is 0.386 e. The van der Waals surface area contributed by atoms with Crippen LogP contribution in [-0.2, 0) is 43.9 Å². The van der Waals surface area contributed by atoms with E-state index in [0.717, 1.165) is 0 Å². The van der Waals surface area contributed by atoms with Crippen LogP contribution < -0.4 is 17.0 Å². The van der Waals surface area contributed by atoms with Crippen LogP contribution in [0.3, 0.4) is 0 Å². The number of nitrogens with zero attached hydrogens (tertiary/aromatic N) is 7. The van der Waals surface area contributed by atoms with Gasteiger partial charge in [0.15, 0.2) is 28.9 Å². The van der Waals surface area contributed by atoms with Crippen molar-refractivity contribution >= 4 is 66.1 Å². The third-order valence-corrected chi connectivity index (χ3v) is 10.3. The van der Waals surface area contributed by atoms with E-state index < -0.39 is 55.8 Å². The molecule has 0 amide bonds. The normalized spacial score (nSPS) is 35.4. The zero-order valence-electron chi connectivity index (χ0n) is 21.8. The molecule has 6 N–H and O–H groups in total. The molecule has 3 fully saturated rings. The van der Waals surface area contributed by atoms with Crippen LogP contribution in [0, 0.1) is 0 Å². The zero-order valence-corrected chi connectivity index (χ0v) is 25.3. The summed E-state index contributed by atoms with van der Waals surface area (Å²) in [6, 6.07) is 0. The molecular formula is C20H24N10O9P2S2. The maximum absolute atomic E-state index is 13.5. The SMILES string of the molecule is Nc1nc2c(ncn2[C@@H]2O[C@@H]3COP(O)(=S)O[C@H]4C[C@H](c5cnc6c(N)ncnn56)O[C@@H]4COP(=O)(S)O[C@@H]2C3)c(=O)[nH]1. The van der Waals surface area contributed by atoms with Gasteiger partial charge in [-0.05, 0) is 11.8 Å². The fraction of sp³-hybridized carbons (Fsp3) is 0.500. The van der Waals surface area contributed by atoms with E-state index in [9.17, 15) is 14.3 Å². The number of hydrogen-bond acceptors (Lipinski definition) is 16. The maximum atomic E-state index is 13.5. The second-order valence-electron chi connectivity index (χ2n) is 9.94. The van der Waals surface area contributed by atoms with Gasteiger partial charge in [0.1, 0.15) is 24.6 Å². The van der Waals surface area contributed by atoms with Crippen LogP contribution in [0.4, 0.5) is 11.8 Å². The molecule has 2 bridgehead atoms. The van der Waals surface area contributed by atoms with Crippen molar-refractivity contribution in [3.8, 4) is 0 Å². The van der Waals surface area contributed by atoms with Gasteiger partial charge in [0, 0.05) is 12.8 Å². The van der Waals surface area contributed by atoms with Gasteiger partial charge in [-0.15, -0.1) is 0 Å². The van der Waals surface area contributed by atoms with Gasteiger partial charge in [0.2, 0.25) is 5.95 Å². The lowest BCUT2D eigenvalue weighted by atomic mass is 10.1. The topological polar surface area (TPSA) is 251 Å². The summed E-state index contributed by atoms with van der Waals surface area (Å²) in [6.07, 6.45) is -0.561. The number of fused-ring (bicyclic) bond motifs is 5. The molecule has 7 rings (SSSR count). The van der Waals surface area contributed by atoms with Crippen molar-refractivity contribution in [2.75, 3.05) is 24.7 Å². The molecule has 19 nitrogen and oxygen atoms in total. The lowest BCUT2D eigenvalue weighted by Gasteiger charge is -2.26. The molecule has 3 saturated heterocycles. The van der Waals surface area contributed by atoms with Crippen molar-refractivity contribution in [3.05, 3.63) is 34.9 Å². The van der Waals surface area contributed by atoms with Crippen molar-refractivity contribution in [1.29, 1.82) is 0 Å². The number of nitrogens with two attached hydrogens (primary N) is 2. The number of ether oxygens (including phenoxy) is 2. The van der Waals surface area contributed by atoms with Gasteiger partial charge >= 0.3 is 13.5 Å². The molecule has 0 saturated carbocycles. The molecule has 0 aliphatic carbocycles. The summed E-state index contributed by atoms with van der Waals surface area (Å²) in [7, 11) is 0. The number of nitrogens with one attached hydrogen (secondary N) is 1. The summed E-state index contributed by atoms with van der Waals surface area (Å²) < 4.78 is 51.7. The van der Waals surface area contributed by atoms with Crippen molar-refractivity contribution < 1.29 is 37.0 Å². The second kappa shape index (κ2) is 10.8. The summed E-state index contributed by atoms with van der Waals surface area (Å²) in [4.78, 5) is 42.1. The summed E-state index contributed by atoms with van der Waals surface area (Å²) in [5.41, 5.74) is 12.1. The van der Waals surface area contributed by atoms with Crippen LogP contribution in [0.25, 0.3) is 16.8 Å². The van der Waals surface area contributed by atoms with E-state index in [1.54, 1.807) is 0 Å². The minimum Gasteiger partial charge on any atom is -0.381 e. The van der Waals surface area contributed by atoms with Gasteiger partial charge in [-0.2, -0.15) is 10.1 Å². The Morgan fingerprint density at radius 3 is 2.74 bits per heavy atom. The Bertz CT molecular complexity index is 1870. The van der Waals surface area contributed by atoms with E-state index in [1.807, 2.05) is 0 Å². The lowest BCUT2D eigenvalue weighted by Crippen LogP contribution is -2.29. The van der Waals surface area contributed by atoms with Gasteiger partial charge in [-0.3, -0.25) is 23.4 Å². The van der Waals surface area contributed by atoms with Gasteiger partial charge in [0.05, 0.1) is 43.6 Å². The fourth-order valence-corrected chi connectivity index (χ4v) is 8.26. The molecule has 3 aliphatic rings. The number of aromatic amines is 1. The minimum absolute atomic E-state index is 0.00862. The maximum Gasteiger partial charge on any atom is 0.386 e. The Kier molecular flexibility index (Phi) is 7.34. The van der Waals surface area contributed by atoms with Crippen LogP contribution >= 0.6 is 25.8 Å². The highest BCUT2D eigenvalue weighted by Gasteiger charge is 2.46. The van der Waals surface area contributed by atoms with E-state index >= 15 is 0 Å². The zero-order chi connectivity index (χ0) is 30.1. The standard InChI is InChI=1S/C20H24N10O9P2S2/c21-15-17-23-3-9(30(17)26-6-24-15)10-2-11-13(37-10)5-35-41(33,43)39-12-1-8(4-34-40(32,42)38-11)36-19(12)29-7-25-14-16(29)27-20(22)28-18(14)31/h3,6-8,10-13,19H,1-2,4-5H2,(H,32,42)(H,33,43)(H2,21,24,26)(H3,22,27,28,31)/t8-,10+,11-,12+,13+,19+,40?,41?/m0/s1. The molecule has 23 heteroatoms. The van der Waals surface area contributed by atoms with Crippen molar-refractivity contribution in [2.24, 2.45) is 0 Å². The van der Waals surface area contributed by atoms with E-state index in [2.05, 4.69) is 42.3 Å². The molecule has 2 unspecified atom stereocenters. The number of aromatic nitrogens is 8. The number of hydrogen-bond donors (Lipinski definition) is 5. The van der Waals surface area contributed by atoms with Gasteiger partial charge < -0.3 is 34.9 Å². The number of nitrogen functional groups attached to an aromatic ring is 2. The third-order valence-electron chi connectivity index (χ3n) is 7.12. The monoisotopic (exact) mass is 674 g/mol. The van der Waals surface area contributed by atoms with Crippen molar-refractivity contribution in [3.63, 3.8) is 0 Å². The third kappa shape index (κ3) is 5.59.